The van der Waals surface area contributed by atoms with Crippen LogP contribution in [-0.4, -0.2) is 11.8 Å². The number of hydrogen-bond acceptors (Lipinski definition) is 2. The van der Waals surface area contributed by atoms with Gasteiger partial charge < -0.3 is 1.43 Å². The maximum atomic E-state index is 12.1. The van der Waals surface area contributed by atoms with Gasteiger partial charge in [-0.3, -0.25) is 9.59 Å². The maximum absolute atomic E-state index is 12.1. The van der Waals surface area contributed by atoms with Crippen molar-refractivity contribution in [2.45, 2.75) is 0 Å². The number of hydrogen-bond donors (Lipinski definition) is 0. The van der Waals surface area contributed by atoms with E-state index in [0.717, 1.165) is 0 Å². The average Bonchev–Trinajstić information content (AvgIpc) is 2.64. The van der Waals surface area contributed by atoms with Crippen LogP contribution in [0.15, 0.2) is 54.6 Å². The number of rotatable bonds is 1. The van der Waals surface area contributed by atoms with Crippen molar-refractivity contribution in [3.05, 3.63) is 65.7 Å². The fraction of sp³-hybridized carbons (Fsp3) is 0. The molecule has 2 aromatic rings. The summed E-state index contributed by atoms with van der Waals surface area (Å²) >= 11 is 0. The Labute approximate surface area is 149 Å². The molecule has 1 aliphatic rings. The molecule has 1 heterocycles. The second-order valence-corrected chi connectivity index (χ2v) is 3.83. The van der Waals surface area contributed by atoms with Gasteiger partial charge in [0.2, 0.25) is 0 Å². The Hall–Kier alpha value is -0.784. The molecule has 0 aromatic heterocycles. The second kappa shape index (κ2) is 5.46. The van der Waals surface area contributed by atoms with Gasteiger partial charge in [-0.25, -0.2) is 4.90 Å². The van der Waals surface area contributed by atoms with E-state index in [9.17, 15) is 9.59 Å². The van der Waals surface area contributed by atoms with Gasteiger partial charge in [0.25, 0.3) is 11.8 Å². The molecule has 0 saturated heterocycles. The normalized spacial score (nSPS) is 13.2. The zero-order chi connectivity index (χ0) is 11.8. The van der Waals surface area contributed by atoms with Gasteiger partial charge in [0, 0.05) is 0 Å². The quantitative estimate of drug-likeness (QED) is 0.519. The van der Waals surface area contributed by atoms with E-state index in [0.29, 0.717) is 16.8 Å². The second-order valence-electron chi connectivity index (χ2n) is 3.83. The van der Waals surface area contributed by atoms with E-state index < -0.39 is 0 Å². The van der Waals surface area contributed by atoms with Crippen LogP contribution in [0, 0.1) is 0 Å². The SMILES string of the molecule is O=C1c2ccccc2C(=O)N1c1ccccc1.[H-].[K+]. The van der Waals surface area contributed by atoms with Gasteiger partial charge in [-0.05, 0) is 24.3 Å². The third-order valence-electron chi connectivity index (χ3n) is 2.81. The minimum Gasteiger partial charge on any atom is -1.00 e. The van der Waals surface area contributed by atoms with Crippen molar-refractivity contribution in [2.24, 2.45) is 0 Å². The van der Waals surface area contributed by atoms with Crippen molar-refractivity contribution in [3.63, 3.8) is 0 Å². The Morgan fingerprint density at radius 2 is 1.17 bits per heavy atom. The Morgan fingerprint density at radius 3 is 1.67 bits per heavy atom. The summed E-state index contributed by atoms with van der Waals surface area (Å²) in [4.78, 5) is 25.4. The van der Waals surface area contributed by atoms with Crippen molar-refractivity contribution in [3.8, 4) is 0 Å². The first-order chi connectivity index (χ1) is 8.29. The van der Waals surface area contributed by atoms with Gasteiger partial charge in [0.15, 0.2) is 0 Å². The number of fused-ring (bicyclic) bond motifs is 1. The van der Waals surface area contributed by atoms with E-state index in [-0.39, 0.29) is 64.6 Å². The molecule has 3 nitrogen and oxygen atoms in total. The molecule has 0 radical (unpaired) electrons. The van der Waals surface area contributed by atoms with Gasteiger partial charge in [-0.1, -0.05) is 30.3 Å². The molecular formula is C14H10KNO2. The predicted octanol–water partition coefficient (Wildman–Crippen LogP) is -0.396. The first-order valence-electron chi connectivity index (χ1n) is 5.32. The molecule has 0 spiro atoms. The van der Waals surface area contributed by atoms with Gasteiger partial charge >= 0.3 is 51.4 Å². The van der Waals surface area contributed by atoms with Gasteiger partial charge in [-0.2, -0.15) is 0 Å². The van der Waals surface area contributed by atoms with Crippen LogP contribution in [0.4, 0.5) is 5.69 Å². The van der Waals surface area contributed by atoms with E-state index in [1.54, 1.807) is 48.5 Å². The Balaban J connectivity index is 0.000000902. The smallest absolute Gasteiger partial charge is 1.00 e. The molecule has 2 amide bonds. The zero-order valence-electron chi connectivity index (χ0n) is 11.0. The maximum Gasteiger partial charge on any atom is 1.00 e. The van der Waals surface area contributed by atoms with Crippen LogP contribution < -0.4 is 56.3 Å². The Morgan fingerprint density at radius 1 is 0.722 bits per heavy atom. The number of anilines is 1. The molecule has 3 rings (SSSR count). The topological polar surface area (TPSA) is 37.4 Å². The first-order valence-corrected chi connectivity index (χ1v) is 5.32. The standard InChI is InChI=1S/C14H9NO2.K.H/c16-13-11-8-4-5-9-12(11)14(17)15(13)10-6-2-1-3-7-10;;/h1-9H;;/q;+1;-1. The van der Waals surface area contributed by atoms with Crippen molar-refractivity contribution in [1.82, 2.24) is 0 Å². The van der Waals surface area contributed by atoms with Crippen molar-refractivity contribution in [1.29, 1.82) is 0 Å². The summed E-state index contributed by atoms with van der Waals surface area (Å²) in [6.45, 7) is 0. The number of amides is 2. The molecule has 2 aromatic carbocycles. The van der Waals surface area contributed by atoms with Crippen LogP contribution >= 0.6 is 0 Å². The molecule has 0 aliphatic carbocycles. The van der Waals surface area contributed by atoms with Crippen LogP contribution in [0.5, 0.6) is 0 Å². The third kappa shape index (κ3) is 2.11. The van der Waals surface area contributed by atoms with Crippen LogP contribution in [0.25, 0.3) is 0 Å². The van der Waals surface area contributed by atoms with Gasteiger partial charge in [0.1, 0.15) is 0 Å². The predicted molar refractivity (Wildman–Crippen MR) is 65.1 cm³/mol. The minimum atomic E-state index is -0.253. The number of benzene rings is 2. The first kappa shape index (κ1) is 13.6. The van der Waals surface area contributed by atoms with E-state index in [2.05, 4.69) is 0 Å². The summed E-state index contributed by atoms with van der Waals surface area (Å²) in [7, 11) is 0. The summed E-state index contributed by atoms with van der Waals surface area (Å²) in [6.07, 6.45) is 0. The van der Waals surface area contributed by atoms with Gasteiger partial charge in [-0.15, -0.1) is 0 Å². The number of nitrogens with zero attached hydrogens (tertiary/aromatic N) is 1. The zero-order valence-corrected chi connectivity index (χ0v) is 13.1. The number of carbonyl (C=O) groups is 2. The largest absolute Gasteiger partial charge is 1.00 e. The molecular weight excluding hydrogens is 253 g/mol. The molecule has 84 valence electrons. The number of imide groups is 1. The minimum absolute atomic E-state index is 0. The molecule has 0 fully saturated rings. The summed E-state index contributed by atoms with van der Waals surface area (Å²) in [6, 6.07) is 15.8. The van der Waals surface area contributed by atoms with Crippen LogP contribution in [0.2, 0.25) is 0 Å². The fourth-order valence-corrected chi connectivity index (χ4v) is 2.00. The van der Waals surface area contributed by atoms with E-state index in [4.69, 9.17) is 0 Å². The van der Waals surface area contributed by atoms with Crippen LogP contribution in [0.3, 0.4) is 0 Å². The molecule has 0 saturated carbocycles. The van der Waals surface area contributed by atoms with Crippen LogP contribution in [0.1, 0.15) is 22.1 Å². The van der Waals surface area contributed by atoms with Gasteiger partial charge in [0.05, 0.1) is 16.8 Å². The van der Waals surface area contributed by atoms with Crippen molar-refractivity contribution < 1.29 is 62.4 Å². The van der Waals surface area contributed by atoms with E-state index >= 15 is 0 Å². The molecule has 0 atom stereocenters. The molecule has 0 unspecified atom stereocenters. The van der Waals surface area contributed by atoms with E-state index in [1.807, 2.05) is 6.07 Å². The fourth-order valence-electron chi connectivity index (χ4n) is 2.00. The Kier molecular flexibility index (Phi) is 4.14. The third-order valence-corrected chi connectivity index (χ3v) is 2.81. The summed E-state index contributed by atoms with van der Waals surface area (Å²) in [5.74, 6) is -0.506. The van der Waals surface area contributed by atoms with Crippen molar-refractivity contribution in [2.75, 3.05) is 4.90 Å². The van der Waals surface area contributed by atoms with E-state index in [1.165, 1.54) is 4.90 Å². The van der Waals surface area contributed by atoms with Crippen molar-refractivity contribution >= 4 is 17.5 Å². The summed E-state index contributed by atoms with van der Waals surface area (Å²) in [5, 5.41) is 0. The van der Waals surface area contributed by atoms with Crippen LogP contribution in [-0.2, 0) is 0 Å². The summed E-state index contributed by atoms with van der Waals surface area (Å²) < 4.78 is 0. The molecule has 4 heteroatoms. The molecule has 1 aliphatic heterocycles. The number of para-hydroxylation sites is 1. The average molecular weight is 263 g/mol. The number of carbonyl (C=O) groups excluding carboxylic acids is 2. The summed E-state index contributed by atoms with van der Waals surface area (Å²) in [5.41, 5.74) is 1.56. The molecule has 0 N–H and O–H groups in total. The monoisotopic (exact) mass is 263 g/mol. The Bertz CT molecular complexity index is 581. The molecule has 0 bridgehead atoms. The molecule has 18 heavy (non-hydrogen) atoms.